The van der Waals surface area contributed by atoms with E-state index in [4.69, 9.17) is 9.26 Å². The topological polar surface area (TPSA) is 64.4 Å². The van der Waals surface area contributed by atoms with Gasteiger partial charge in [0.25, 0.3) is 5.91 Å². The average Bonchev–Trinajstić information content (AvgIpc) is 3.08. The van der Waals surface area contributed by atoms with E-state index in [2.05, 4.69) is 16.5 Å². The lowest BCUT2D eigenvalue weighted by molar-refractivity contribution is 0.0938. The number of carbonyl (C=O) groups excluding carboxylic acids is 1. The van der Waals surface area contributed by atoms with Crippen LogP contribution in [0.2, 0.25) is 0 Å². The highest BCUT2D eigenvalue weighted by Crippen LogP contribution is 2.27. The third kappa shape index (κ3) is 3.20. The Labute approximate surface area is 152 Å². The molecule has 1 N–H and O–H groups in total. The molecule has 0 saturated carbocycles. The number of para-hydroxylation sites is 1. The first kappa shape index (κ1) is 16.4. The molecule has 1 atom stereocenters. The fraction of sp³-hybridized carbons (Fsp3) is 0.238. The third-order valence-electron chi connectivity index (χ3n) is 4.64. The number of rotatable bonds is 4. The molecule has 5 nitrogen and oxygen atoms in total. The van der Waals surface area contributed by atoms with E-state index >= 15 is 0 Å². The summed E-state index contributed by atoms with van der Waals surface area (Å²) in [6.45, 7) is 2.91. The highest BCUT2D eigenvalue weighted by molar-refractivity contribution is 6.00. The summed E-state index contributed by atoms with van der Waals surface area (Å²) in [6, 6.07) is 17.6. The second-order valence-electron chi connectivity index (χ2n) is 6.53. The first-order chi connectivity index (χ1) is 12.7. The Morgan fingerprint density at radius 3 is 2.77 bits per heavy atom. The zero-order valence-corrected chi connectivity index (χ0v) is 14.6. The summed E-state index contributed by atoms with van der Waals surface area (Å²) in [5.74, 6) is 1.54. The van der Waals surface area contributed by atoms with E-state index in [9.17, 15) is 4.79 Å². The molecule has 2 aromatic carbocycles. The summed E-state index contributed by atoms with van der Waals surface area (Å²) in [5.41, 5.74) is 3.12. The number of hydrogen-bond acceptors (Lipinski definition) is 4. The summed E-state index contributed by atoms with van der Waals surface area (Å²) in [7, 11) is 0. The van der Waals surface area contributed by atoms with Gasteiger partial charge in [0.05, 0.1) is 6.61 Å². The van der Waals surface area contributed by atoms with Gasteiger partial charge in [0.15, 0.2) is 0 Å². The van der Waals surface area contributed by atoms with Gasteiger partial charge in [-0.25, -0.2) is 0 Å². The van der Waals surface area contributed by atoms with Crippen LogP contribution in [0.3, 0.4) is 0 Å². The zero-order valence-electron chi connectivity index (χ0n) is 14.6. The van der Waals surface area contributed by atoms with E-state index in [-0.39, 0.29) is 11.8 Å². The highest BCUT2D eigenvalue weighted by Gasteiger charge is 2.24. The number of aryl methyl sites for hydroxylation is 1. The minimum atomic E-state index is -0.165. The number of aromatic nitrogens is 1. The molecule has 0 saturated heterocycles. The first-order valence-corrected chi connectivity index (χ1v) is 8.73. The van der Waals surface area contributed by atoms with Gasteiger partial charge < -0.3 is 14.6 Å². The van der Waals surface area contributed by atoms with Gasteiger partial charge in [0.1, 0.15) is 22.8 Å². The quantitative estimate of drug-likeness (QED) is 0.782. The Bertz CT molecular complexity index is 918. The Morgan fingerprint density at radius 1 is 1.15 bits per heavy atom. The van der Waals surface area contributed by atoms with Crippen LogP contribution in [-0.2, 0) is 6.42 Å². The molecule has 0 fully saturated rings. The molecule has 0 unspecified atom stereocenters. The Hall–Kier alpha value is -3.08. The number of nitrogens with one attached hydrogen (secondary N) is 1. The number of nitrogens with zero attached hydrogens (tertiary/aromatic N) is 1. The van der Waals surface area contributed by atoms with Crippen molar-refractivity contribution in [3.05, 3.63) is 71.5 Å². The van der Waals surface area contributed by atoms with Crippen LogP contribution in [0.4, 0.5) is 0 Å². The maximum absolute atomic E-state index is 12.8. The Morgan fingerprint density at radius 2 is 1.92 bits per heavy atom. The highest BCUT2D eigenvalue weighted by atomic mass is 16.5. The smallest absolute Gasteiger partial charge is 0.257 e. The van der Waals surface area contributed by atoms with Gasteiger partial charge in [-0.2, -0.15) is 0 Å². The molecule has 4 rings (SSSR count). The largest absolute Gasteiger partial charge is 0.493 e. The summed E-state index contributed by atoms with van der Waals surface area (Å²) in [4.78, 5) is 12.8. The molecule has 26 heavy (non-hydrogen) atoms. The van der Waals surface area contributed by atoms with Crippen LogP contribution in [0.15, 0.2) is 59.1 Å². The zero-order chi connectivity index (χ0) is 17.9. The van der Waals surface area contributed by atoms with Crippen LogP contribution in [0.25, 0.3) is 11.3 Å². The molecule has 0 spiro atoms. The molecule has 3 aromatic rings. The molecular weight excluding hydrogens is 328 g/mol. The fourth-order valence-corrected chi connectivity index (χ4v) is 3.28. The predicted molar refractivity (Wildman–Crippen MR) is 98.1 cm³/mol. The van der Waals surface area contributed by atoms with E-state index in [0.29, 0.717) is 30.2 Å². The molecule has 0 radical (unpaired) electrons. The van der Waals surface area contributed by atoms with Gasteiger partial charge in [-0.15, -0.1) is 0 Å². The SMILES string of the molecule is Cc1onc(-c2ccccc2)c1C(=O)NC[C@H]1COc2ccccc2C1. The van der Waals surface area contributed by atoms with Gasteiger partial charge in [-0.05, 0) is 25.0 Å². The summed E-state index contributed by atoms with van der Waals surface area (Å²) in [5, 5.41) is 7.09. The maximum Gasteiger partial charge on any atom is 0.257 e. The molecule has 2 heterocycles. The molecule has 1 amide bonds. The maximum atomic E-state index is 12.8. The normalized spacial score (nSPS) is 15.8. The van der Waals surface area contributed by atoms with Crippen LogP contribution in [0.1, 0.15) is 21.7 Å². The summed E-state index contributed by atoms with van der Waals surface area (Å²) >= 11 is 0. The minimum Gasteiger partial charge on any atom is -0.493 e. The van der Waals surface area contributed by atoms with Gasteiger partial charge in [0, 0.05) is 18.0 Å². The van der Waals surface area contributed by atoms with Gasteiger partial charge in [0.2, 0.25) is 0 Å². The van der Waals surface area contributed by atoms with Crippen LogP contribution >= 0.6 is 0 Å². The second kappa shape index (κ2) is 7.04. The van der Waals surface area contributed by atoms with Crippen LogP contribution in [-0.4, -0.2) is 24.2 Å². The van der Waals surface area contributed by atoms with Crippen LogP contribution in [0, 0.1) is 12.8 Å². The van der Waals surface area contributed by atoms with E-state index in [1.54, 1.807) is 6.92 Å². The van der Waals surface area contributed by atoms with Crippen LogP contribution < -0.4 is 10.1 Å². The third-order valence-corrected chi connectivity index (χ3v) is 4.64. The van der Waals surface area contributed by atoms with E-state index < -0.39 is 0 Å². The van der Waals surface area contributed by atoms with Crippen LogP contribution in [0.5, 0.6) is 5.75 Å². The molecule has 1 aliphatic rings. The minimum absolute atomic E-state index is 0.165. The molecule has 132 valence electrons. The first-order valence-electron chi connectivity index (χ1n) is 8.73. The number of benzene rings is 2. The Kier molecular flexibility index (Phi) is 4.44. The number of fused-ring (bicyclic) bond motifs is 1. The standard InChI is InChI=1S/C21H20N2O3/c1-14-19(20(23-26-14)16-7-3-2-4-8-16)21(24)22-12-15-11-17-9-5-6-10-18(17)25-13-15/h2-10,15H,11-13H2,1H3,(H,22,24)/t15-/m0/s1. The number of ether oxygens (including phenoxy) is 1. The second-order valence-corrected chi connectivity index (χ2v) is 6.53. The van der Waals surface area contributed by atoms with E-state index in [0.717, 1.165) is 17.7 Å². The molecule has 0 aliphatic carbocycles. The van der Waals surface area contributed by atoms with Gasteiger partial charge >= 0.3 is 0 Å². The average molecular weight is 348 g/mol. The lowest BCUT2D eigenvalue weighted by atomic mass is 9.96. The summed E-state index contributed by atoms with van der Waals surface area (Å²) < 4.78 is 11.1. The lowest BCUT2D eigenvalue weighted by Gasteiger charge is -2.25. The van der Waals surface area contributed by atoms with E-state index in [1.165, 1.54) is 5.56 Å². The van der Waals surface area contributed by atoms with Crippen molar-refractivity contribution in [2.24, 2.45) is 5.92 Å². The van der Waals surface area contributed by atoms with Crippen molar-refractivity contribution >= 4 is 5.91 Å². The van der Waals surface area contributed by atoms with Gasteiger partial charge in [-0.1, -0.05) is 53.7 Å². The molecule has 5 heteroatoms. The molecule has 0 bridgehead atoms. The van der Waals surface area contributed by atoms with Crippen molar-refractivity contribution in [2.45, 2.75) is 13.3 Å². The van der Waals surface area contributed by atoms with Gasteiger partial charge in [-0.3, -0.25) is 4.79 Å². The van der Waals surface area contributed by atoms with E-state index in [1.807, 2.05) is 48.5 Å². The summed E-state index contributed by atoms with van der Waals surface area (Å²) in [6.07, 6.45) is 0.893. The fourth-order valence-electron chi connectivity index (χ4n) is 3.28. The Balaban J connectivity index is 1.46. The molecule has 1 aliphatic heterocycles. The number of hydrogen-bond donors (Lipinski definition) is 1. The van der Waals surface area contributed by atoms with Crippen molar-refractivity contribution in [2.75, 3.05) is 13.2 Å². The lowest BCUT2D eigenvalue weighted by Crippen LogP contribution is -2.35. The predicted octanol–water partition coefficient (Wildman–Crippen LogP) is 3.63. The van der Waals surface area contributed by atoms with Crippen molar-refractivity contribution in [3.63, 3.8) is 0 Å². The molecular formula is C21H20N2O3. The number of amides is 1. The van der Waals surface area contributed by atoms with Crippen molar-refractivity contribution in [1.82, 2.24) is 10.5 Å². The van der Waals surface area contributed by atoms with Crippen molar-refractivity contribution in [1.29, 1.82) is 0 Å². The molecule has 1 aromatic heterocycles. The number of carbonyl (C=O) groups is 1. The monoisotopic (exact) mass is 348 g/mol. The van der Waals surface area contributed by atoms with Crippen molar-refractivity contribution in [3.8, 4) is 17.0 Å². The van der Waals surface area contributed by atoms with Crippen molar-refractivity contribution < 1.29 is 14.1 Å².